The van der Waals surface area contributed by atoms with Crippen LogP contribution in [0.15, 0.2) is 24.3 Å². The third-order valence-corrected chi connectivity index (χ3v) is 5.05. The van der Waals surface area contributed by atoms with E-state index in [4.69, 9.17) is 9.84 Å². The predicted molar refractivity (Wildman–Crippen MR) is 88.3 cm³/mol. The van der Waals surface area contributed by atoms with Gasteiger partial charge in [-0.15, -0.1) is 0 Å². The summed E-state index contributed by atoms with van der Waals surface area (Å²) in [5.41, 5.74) is 0.607. The Balaban J connectivity index is 1.71. The molecule has 6 heteroatoms. The summed E-state index contributed by atoms with van der Waals surface area (Å²) in [5.74, 6) is -0.260. The van der Waals surface area contributed by atoms with E-state index >= 15 is 0 Å². The highest BCUT2D eigenvalue weighted by Gasteiger charge is 2.37. The van der Waals surface area contributed by atoms with Gasteiger partial charge in [0.2, 0.25) is 0 Å². The van der Waals surface area contributed by atoms with Crippen molar-refractivity contribution in [2.75, 3.05) is 32.9 Å². The van der Waals surface area contributed by atoms with Crippen molar-refractivity contribution < 1.29 is 19.0 Å². The van der Waals surface area contributed by atoms with Gasteiger partial charge < -0.3 is 20.1 Å². The molecule has 1 aliphatic carbocycles. The topological polar surface area (TPSA) is 61.8 Å². The van der Waals surface area contributed by atoms with Gasteiger partial charge in [-0.05, 0) is 43.4 Å². The Kier molecular flexibility index (Phi) is 5.36. The molecule has 0 unspecified atom stereocenters. The number of aliphatic hydroxyl groups excluding tert-OH is 1. The van der Waals surface area contributed by atoms with Gasteiger partial charge in [0.15, 0.2) is 0 Å². The highest BCUT2D eigenvalue weighted by molar-refractivity contribution is 5.75. The summed E-state index contributed by atoms with van der Waals surface area (Å²) in [4.78, 5) is 14.2. The van der Waals surface area contributed by atoms with Gasteiger partial charge in [0.25, 0.3) is 0 Å². The van der Waals surface area contributed by atoms with Gasteiger partial charge in [-0.1, -0.05) is 12.1 Å². The quantitative estimate of drug-likeness (QED) is 0.836. The van der Waals surface area contributed by atoms with Gasteiger partial charge in [0.1, 0.15) is 5.82 Å². The molecule has 2 aliphatic rings. The Morgan fingerprint density at radius 3 is 2.75 bits per heavy atom. The summed E-state index contributed by atoms with van der Waals surface area (Å²) < 4.78 is 19.1. The van der Waals surface area contributed by atoms with Crippen LogP contribution in [0.2, 0.25) is 0 Å². The maximum atomic E-state index is 13.7. The maximum absolute atomic E-state index is 13.7. The van der Waals surface area contributed by atoms with Crippen LogP contribution in [0.25, 0.3) is 0 Å². The minimum atomic E-state index is -0.301. The van der Waals surface area contributed by atoms with Crippen molar-refractivity contribution >= 4 is 6.03 Å². The van der Waals surface area contributed by atoms with Crippen LogP contribution < -0.4 is 5.32 Å². The van der Waals surface area contributed by atoms with Crippen LogP contribution in [0.4, 0.5) is 9.18 Å². The first-order chi connectivity index (χ1) is 11.6. The van der Waals surface area contributed by atoms with Gasteiger partial charge >= 0.3 is 6.03 Å². The van der Waals surface area contributed by atoms with E-state index in [2.05, 4.69) is 5.32 Å². The molecular weight excluding hydrogens is 311 g/mol. The lowest BCUT2D eigenvalue weighted by atomic mass is 9.74. The Morgan fingerprint density at radius 2 is 2.12 bits per heavy atom. The number of rotatable bonds is 6. The highest BCUT2D eigenvalue weighted by atomic mass is 19.1. The number of halogens is 1. The van der Waals surface area contributed by atoms with E-state index in [1.807, 2.05) is 6.07 Å². The van der Waals surface area contributed by atoms with Crippen LogP contribution in [0.1, 0.15) is 31.2 Å². The fourth-order valence-electron chi connectivity index (χ4n) is 3.44. The van der Waals surface area contributed by atoms with Gasteiger partial charge in [-0.25, -0.2) is 9.18 Å². The summed E-state index contributed by atoms with van der Waals surface area (Å²) in [6, 6.07) is 6.74. The molecule has 5 nitrogen and oxygen atoms in total. The minimum absolute atomic E-state index is 0.0349. The van der Waals surface area contributed by atoms with Gasteiger partial charge in [0, 0.05) is 37.8 Å². The van der Waals surface area contributed by atoms with Crippen molar-refractivity contribution in [3.05, 3.63) is 35.6 Å². The SMILES string of the molecule is O=C(NCC1(c2cccc(F)c2)CCOCC1)N(CCO)C1CC1. The van der Waals surface area contributed by atoms with Crippen molar-refractivity contribution in [3.8, 4) is 0 Å². The van der Waals surface area contributed by atoms with Crippen LogP contribution in [0, 0.1) is 5.82 Å². The van der Waals surface area contributed by atoms with Gasteiger partial charge in [-0.2, -0.15) is 0 Å². The first kappa shape index (κ1) is 17.2. The third kappa shape index (κ3) is 3.87. The van der Waals surface area contributed by atoms with E-state index < -0.39 is 0 Å². The van der Waals surface area contributed by atoms with Crippen molar-refractivity contribution in [1.82, 2.24) is 10.2 Å². The monoisotopic (exact) mass is 336 g/mol. The normalized spacial score (nSPS) is 19.8. The van der Waals surface area contributed by atoms with Crippen LogP contribution >= 0.6 is 0 Å². The second-order valence-electron chi connectivity index (χ2n) is 6.71. The molecule has 24 heavy (non-hydrogen) atoms. The van der Waals surface area contributed by atoms with Crippen LogP contribution in [-0.4, -0.2) is 55.0 Å². The molecule has 0 spiro atoms. The lowest BCUT2D eigenvalue weighted by molar-refractivity contribution is 0.0499. The van der Waals surface area contributed by atoms with Gasteiger partial charge in [0.05, 0.1) is 6.61 Å². The number of hydrogen-bond acceptors (Lipinski definition) is 3. The molecule has 0 radical (unpaired) electrons. The number of urea groups is 1. The lowest BCUT2D eigenvalue weighted by Crippen LogP contribution is -2.49. The molecule has 1 aromatic rings. The lowest BCUT2D eigenvalue weighted by Gasteiger charge is -2.38. The zero-order chi connectivity index (χ0) is 17.0. The number of amides is 2. The summed E-state index contributed by atoms with van der Waals surface area (Å²) in [6.07, 6.45) is 3.49. The fraction of sp³-hybridized carbons (Fsp3) is 0.611. The average Bonchev–Trinajstić information content (AvgIpc) is 3.43. The summed E-state index contributed by atoms with van der Waals surface area (Å²) in [7, 11) is 0. The number of hydrogen-bond donors (Lipinski definition) is 2. The summed E-state index contributed by atoms with van der Waals surface area (Å²) in [6.45, 7) is 1.98. The number of carbonyl (C=O) groups excluding carboxylic acids is 1. The fourth-order valence-corrected chi connectivity index (χ4v) is 3.44. The van der Waals surface area contributed by atoms with E-state index in [0.717, 1.165) is 31.2 Å². The summed E-state index contributed by atoms with van der Waals surface area (Å²) >= 11 is 0. The molecule has 2 amide bonds. The summed E-state index contributed by atoms with van der Waals surface area (Å²) in [5, 5.41) is 12.2. The number of aliphatic hydroxyl groups is 1. The zero-order valence-electron chi connectivity index (χ0n) is 13.8. The molecule has 2 fully saturated rings. The number of ether oxygens (including phenoxy) is 1. The number of carbonyl (C=O) groups is 1. The molecular formula is C18H25FN2O3. The Morgan fingerprint density at radius 1 is 1.38 bits per heavy atom. The van der Waals surface area contributed by atoms with E-state index in [1.54, 1.807) is 17.0 Å². The van der Waals surface area contributed by atoms with E-state index in [9.17, 15) is 9.18 Å². The van der Waals surface area contributed by atoms with Crippen LogP contribution in [0.5, 0.6) is 0 Å². The Labute approximate surface area is 141 Å². The molecule has 1 saturated heterocycles. The second kappa shape index (κ2) is 7.49. The van der Waals surface area contributed by atoms with Crippen molar-refractivity contribution in [2.45, 2.75) is 37.1 Å². The van der Waals surface area contributed by atoms with Crippen molar-refractivity contribution in [1.29, 1.82) is 0 Å². The molecule has 2 N–H and O–H groups in total. The standard InChI is InChI=1S/C18H25FN2O3/c19-15-3-1-2-14(12-15)18(6-10-24-11-7-18)13-20-17(23)21(8-9-22)16-4-5-16/h1-3,12,16,22H,4-11,13H2,(H,20,23). The molecule has 1 heterocycles. The molecule has 132 valence electrons. The smallest absolute Gasteiger partial charge is 0.317 e. The molecule has 1 aliphatic heterocycles. The number of nitrogens with zero attached hydrogens (tertiary/aromatic N) is 1. The molecule has 0 bridgehead atoms. The molecule has 1 aromatic carbocycles. The zero-order valence-corrected chi connectivity index (χ0v) is 13.8. The van der Waals surface area contributed by atoms with Crippen molar-refractivity contribution in [3.63, 3.8) is 0 Å². The molecule has 3 rings (SSSR count). The first-order valence-corrected chi connectivity index (χ1v) is 8.64. The maximum Gasteiger partial charge on any atom is 0.317 e. The second-order valence-corrected chi connectivity index (χ2v) is 6.71. The van der Waals surface area contributed by atoms with E-state index in [0.29, 0.717) is 26.3 Å². The molecule has 0 atom stereocenters. The number of nitrogens with one attached hydrogen (secondary N) is 1. The van der Waals surface area contributed by atoms with Gasteiger partial charge in [-0.3, -0.25) is 0 Å². The first-order valence-electron chi connectivity index (χ1n) is 8.64. The van der Waals surface area contributed by atoms with E-state index in [1.165, 1.54) is 6.07 Å². The van der Waals surface area contributed by atoms with Crippen molar-refractivity contribution in [2.24, 2.45) is 0 Å². The average molecular weight is 336 g/mol. The molecule has 0 aromatic heterocycles. The Bertz CT molecular complexity index is 571. The highest BCUT2D eigenvalue weighted by Crippen LogP contribution is 2.35. The largest absolute Gasteiger partial charge is 0.395 e. The third-order valence-electron chi connectivity index (χ3n) is 5.05. The van der Waals surface area contributed by atoms with Crippen LogP contribution in [-0.2, 0) is 10.2 Å². The predicted octanol–water partition coefficient (Wildman–Crippen LogP) is 2.04. The minimum Gasteiger partial charge on any atom is -0.395 e. The number of benzene rings is 1. The molecule has 1 saturated carbocycles. The Hall–Kier alpha value is -1.66. The van der Waals surface area contributed by atoms with E-state index in [-0.39, 0.29) is 29.9 Å². The van der Waals surface area contributed by atoms with Crippen LogP contribution in [0.3, 0.4) is 0 Å².